The maximum Gasteiger partial charge on any atom is 0.259 e. The number of rotatable bonds is 6. The summed E-state index contributed by atoms with van der Waals surface area (Å²) in [5.74, 6) is 1.64. The second-order valence-electron chi connectivity index (χ2n) is 6.62. The van der Waals surface area contributed by atoms with Crippen LogP contribution < -0.4 is 10.2 Å². The summed E-state index contributed by atoms with van der Waals surface area (Å²) in [6, 6.07) is 9.23. The number of aryl methyl sites for hydroxylation is 1. The van der Waals surface area contributed by atoms with E-state index in [1.807, 2.05) is 31.3 Å². The molecular weight excluding hydrogens is 374 g/mol. The van der Waals surface area contributed by atoms with Gasteiger partial charge in [-0.25, -0.2) is 9.97 Å². The fourth-order valence-electron chi connectivity index (χ4n) is 3.11. The summed E-state index contributed by atoms with van der Waals surface area (Å²) >= 11 is 1.45. The summed E-state index contributed by atoms with van der Waals surface area (Å²) in [6.45, 7) is 3.98. The molecule has 0 saturated carbocycles. The lowest BCUT2D eigenvalue weighted by molar-refractivity contribution is 0.102. The zero-order valence-corrected chi connectivity index (χ0v) is 16.4. The van der Waals surface area contributed by atoms with Gasteiger partial charge < -0.3 is 14.7 Å². The Morgan fingerprint density at radius 2 is 2.11 bits per heavy atom. The third-order valence-corrected chi connectivity index (χ3v) is 5.55. The molecule has 8 heteroatoms. The Morgan fingerprint density at radius 1 is 1.25 bits per heavy atom. The molecule has 1 saturated heterocycles. The summed E-state index contributed by atoms with van der Waals surface area (Å²) in [6.07, 6.45) is 5.92. The normalized spacial score (nSPS) is 13.7. The topological polar surface area (TPSA) is 84.2 Å². The van der Waals surface area contributed by atoms with Gasteiger partial charge in [0.25, 0.3) is 5.91 Å². The van der Waals surface area contributed by atoms with Crippen molar-refractivity contribution in [2.24, 2.45) is 0 Å². The highest BCUT2D eigenvalue weighted by Crippen LogP contribution is 2.25. The number of pyridine rings is 2. The third kappa shape index (κ3) is 4.33. The molecule has 4 rings (SSSR count). The molecule has 1 aliphatic heterocycles. The van der Waals surface area contributed by atoms with E-state index in [1.165, 1.54) is 24.6 Å². The van der Waals surface area contributed by atoms with E-state index in [9.17, 15) is 4.79 Å². The van der Waals surface area contributed by atoms with Crippen molar-refractivity contribution < 1.29 is 9.32 Å². The molecule has 1 aliphatic rings. The predicted molar refractivity (Wildman–Crippen MR) is 109 cm³/mol. The molecule has 1 N–H and O–H groups in total. The van der Waals surface area contributed by atoms with E-state index in [1.54, 1.807) is 18.3 Å². The van der Waals surface area contributed by atoms with Crippen LogP contribution in [0.15, 0.2) is 52.3 Å². The zero-order valence-electron chi connectivity index (χ0n) is 15.6. The molecule has 0 atom stereocenters. The van der Waals surface area contributed by atoms with Crippen LogP contribution in [0.5, 0.6) is 0 Å². The van der Waals surface area contributed by atoms with Crippen LogP contribution in [0.1, 0.15) is 34.7 Å². The number of thioether (sulfide) groups is 1. The van der Waals surface area contributed by atoms with Crippen LogP contribution in [0.25, 0.3) is 0 Å². The molecule has 0 aromatic carbocycles. The number of carbonyl (C=O) groups excluding carboxylic acids is 1. The van der Waals surface area contributed by atoms with Gasteiger partial charge in [0.1, 0.15) is 16.6 Å². The number of amides is 1. The summed E-state index contributed by atoms with van der Waals surface area (Å²) in [5, 5.41) is 7.49. The molecule has 4 heterocycles. The van der Waals surface area contributed by atoms with Crippen molar-refractivity contribution in [3.05, 3.63) is 59.7 Å². The molecule has 0 bridgehead atoms. The highest BCUT2D eigenvalue weighted by atomic mass is 32.2. The Hall–Kier alpha value is -2.87. The number of nitrogens with one attached hydrogen (secondary N) is 1. The van der Waals surface area contributed by atoms with Crippen LogP contribution in [-0.4, -0.2) is 34.1 Å². The summed E-state index contributed by atoms with van der Waals surface area (Å²) in [4.78, 5) is 23.8. The summed E-state index contributed by atoms with van der Waals surface area (Å²) < 4.78 is 5.08. The molecule has 28 heavy (non-hydrogen) atoms. The van der Waals surface area contributed by atoms with Crippen LogP contribution >= 0.6 is 11.8 Å². The molecule has 1 fully saturated rings. The van der Waals surface area contributed by atoms with Gasteiger partial charge in [-0.2, -0.15) is 0 Å². The average Bonchev–Trinajstić information content (AvgIpc) is 3.39. The third-order valence-electron chi connectivity index (χ3n) is 4.51. The number of nitrogens with zero attached hydrogens (tertiary/aromatic N) is 4. The van der Waals surface area contributed by atoms with Gasteiger partial charge in [0, 0.05) is 31.1 Å². The first-order valence-electron chi connectivity index (χ1n) is 9.21. The van der Waals surface area contributed by atoms with Gasteiger partial charge in [-0.3, -0.25) is 4.79 Å². The second-order valence-corrected chi connectivity index (χ2v) is 7.59. The van der Waals surface area contributed by atoms with E-state index in [2.05, 4.69) is 25.3 Å². The largest absolute Gasteiger partial charge is 0.370 e. The van der Waals surface area contributed by atoms with Gasteiger partial charge in [0.2, 0.25) is 0 Å². The Balaban J connectivity index is 1.42. The zero-order chi connectivity index (χ0) is 19.3. The van der Waals surface area contributed by atoms with Crippen molar-refractivity contribution in [3.8, 4) is 0 Å². The molecular formula is C20H21N5O2S. The molecule has 7 nitrogen and oxygen atoms in total. The van der Waals surface area contributed by atoms with Gasteiger partial charge in [-0.15, -0.1) is 0 Å². The van der Waals surface area contributed by atoms with Crippen molar-refractivity contribution in [2.45, 2.75) is 30.5 Å². The summed E-state index contributed by atoms with van der Waals surface area (Å²) in [5.41, 5.74) is 2.42. The molecule has 0 radical (unpaired) electrons. The highest BCUT2D eigenvalue weighted by molar-refractivity contribution is 7.98. The molecule has 144 valence electrons. The van der Waals surface area contributed by atoms with E-state index < -0.39 is 0 Å². The average molecular weight is 395 g/mol. The van der Waals surface area contributed by atoms with Crippen LogP contribution in [0.3, 0.4) is 0 Å². The Bertz CT molecular complexity index is 951. The van der Waals surface area contributed by atoms with Crippen LogP contribution in [-0.2, 0) is 5.75 Å². The van der Waals surface area contributed by atoms with Crippen molar-refractivity contribution in [1.82, 2.24) is 15.1 Å². The molecule has 0 aliphatic carbocycles. The number of hydrogen-bond donors (Lipinski definition) is 1. The molecule has 3 aromatic rings. The molecule has 1 amide bonds. The van der Waals surface area contributed by atoms with Gasteiger partial charge in [0.15, 0.2) is 0 Å². The minimum absolute atomic E-state index is 0.228. The van der Waals surface area contributed by atoms with Crippen molar-refractivity contribution >= 4 is 29.2 Å². The SMILES string of the molecule is Cc1cc(CSc2ncccc2C(=O)Nc2ccc(N3CCCC3)cn2)no1. The van der Waals surface area contributed by atoms with Crippen LogP contribution in [0, 0.1) is 6.92 Å². The minimum atomic E-state index is -0.228. The first kappa shape index (κ1) is 18.5. The standard InChI is InChI=1S/C20H21N5O2S/c1-14-11-15(24-27-14)13-28-20-17(5-4-8-21-20)19(26)23-18-7-6-16(12-22-18)25-9-2-3-10-25/h4-8,11-12H,2-3,9-10,13H2,1H3,(H,22,23,26). The van der Waals surface area contributed by atoms with Gasteiger partial charge >= 0.3 is 0 Å². The fourth-order valence-corrected chi connectivity index (χ4v) is 3.99. The van der Waals surface area contributed by atoms with Crippen molar-refractivity contribution in [3.63, 3.8) is 0 Å². The van der Waals surface area contributed by atoms with Crippen LogP contribution in [0.4, 0.5) is 11.5 Å². The first-order chi connectivity index (χ1) is 13.7. The predicted octanol–water partition coefficient (Wildman–Crippen LogP) is 3.92. The lowest BCUT2D eigenvalue weighted by atomic mass is 10.2. The van der Waals surface area contributed by atoms with Crippen molar-refractivity contribution in [1.29, 1.82) is 0 Å². The van der Waals surface area contributed by atoms with Crippen LogP contribution in [0.2, 0.25) is 0 Å². The second kappa shape index (κ2) is 8.43. The van der Waals surface area contributed by atoms with E-state index in [-0.39, 0.29) is 5.91 Å². The van der Waals surface area contributed by atoms with E-state index in [4.69, 9.17) is 4.52 Å². The van der Waals surface area contributed by atoms with E-state index in [0.29, 0.717) is 22.2 Å². The minimum Gasteiger partial charge on any atom is -0.370 e. The quantitative estimate of drug-likeness (QED) is 0.633. The Morgan fingerprint density at radius 3 is 2.82 bits per heavy atom. The monoisotopic (exact) mass is 395 g/mol. The van der Waals surface area contributed by atoms with Gasteiger partial charge in [-0.05, 0) is 44.0 Å². The number of carbonyl (C=O) groups is 1. The maximum atomic E-state index is 12.7. The lowest BCUT2D eigenvalue weighted by Gasteiger charge is -2.17. The molecule has 0 unspecified atom stereocenters. The number of hydrogen-bond acceptors (Lipinski definition) is 7. The van der Waals surface area contributed by atoms with Crippen molar-refractivity contribution in [2.75, 3.05) is 23.3 Å². The first-order valence-corrected chi connectivity index (χ1v) is 10.2. The number of aromatic nitrogens is 3. The van der Waals surface area contributed by atoms with E-state index in [0.717, 1.165) is 30.2 Å². The van der Waals surface area contributed by atoms with E-state index >= 15 is 0 Å². The summed E-state index contributed by atoms with van der Waals surface area (Å²) in [7, 11) is 0. The molecule has 0 spiro atoms. The number of anilines is 2. The lowest BCUT2D eigenvalue weighted by Crippen LogP contribution is -2.18. The van der Waals surface area contributed by atoms with Gasteiger partial charge in [0.05, 0.1) is 23.1 Å². The maximum absolute atomic E-state index is 12.7. The fraction of sp³-hybridized carbons (Fsp3) is 0.300. The Labute approximate surface area is 167 Å². The molecule has 3 aromatic heterocycles. The Kier molecular flexibility index (Phi) is 5.57. The smallest absolute Gasteiger partial charge is 0.259 e. The highest BCUT2D eigenvalue weighted by Gasteiger charge is 2.16. The van der Waals surface area contributed by atoms with Gasteiger partial charge in [-0.1, -0.05) is 16.9 Å².